The van der Waals surface area contributed by atoms with Crippen LogP contribution in [0.25, 0.3) is 5.65 Å². The lowest BCUT2D eigenvalue weighted by Crippen LogP contribution is -2.33. The minimum Gasteiger partial charge on any atom is -0.347 e. The van der Waals surface area contributed by atoms with E-state index in [-0.39, 0.29) is 5.92 Å². The smallest absolute Gasteiger partial charge is 0.155 e. The standard InChI is InChI=1S/C17H18N8/c1-23-7-13(5-21-23)14-8-24(9-15-17(14)20-10-18-15)6-12-2-3-25-16(4-12)19-11-22-25/h2-5,7,10-11,14H,6,8-9H2,1H3,(H,18,20). The first-order chi connectivity index (χ1) is 12.3. The maximum Gasteiger partial charge on any atom is 0.155 e. The molecule has 1 unspecified atom stereocenters. The van der Waals surface area contributed by atoms with E-state index in [4.69, 9.17) is 0 Å². The molecule has 8 nitrogen and oxygen atoms in total. The van der Waals surface area contributed by atoms with Gasteiger partial charge in [0.1, 0.15) is 6.33 Å². The molecule has 25 heavy (non-hydrogen) atoms. The van der Waals surface area contributed by atoms with Crippen LogP contribution >= 0.6 is 0 Å². The normalized spacial score (nSPS) is 17.9. The van der Waals surface area contributed by atoms with Gasteiger partial charge in [0.15, 0.2) is 5.65 Å². The molecule has 1 atom stereocenters. The first-order valence-electron chi connectivity index (χ1n) is 8.27. The molecule has 5 rings (SSSR count). The number of H-pyrrole nitrogens is 1. The second-order valence-corrected chi connectivity index (χ2v) is 6.53. The Bertz CT molecular complexity index is 1030. The third-order valence-electron chi connectivity index (χ3n) is 4.78. The zero-order chi connectivity index (χ0) is 16.8. The number of aryl methyl sites for hydroxylation is 1. The molecule has 4 aromatic heterocycles. The minimum absolute atomic E-state index is 0.237. The van der Waals surface area contributed by atoms with Gasteiger partial charge in [0.2, 0.25) is 0 Å². The highest BCUT2D eigenvalue weighted by Crippen LogP contribution is 2.31. The van der Waals surface area contributed by atoms with Crippen molar-refractivity contribution in [3.8, 4) is 0 Å². The molecule has 0 bridgehead atoms. The molecule has 1 aliphatic rings. The quantitative estimate of drug-likeness (QED) is 0.611. The van der Waals surface area contributed by atoms with Gasteiger partial charge in [-0.25, -0.2) is 14.5 Å². The van der Waals surface area contributed by atoms with Crippen LogP contribution in [-0.4, -0.2) is 45.8 Å². The molecule has 0 saturated heterocycles. The molecule has 1 aliphatic heterocycles. The highest BCUT2D eigenvalue weighted by molar-refractivity contribution is 5.39. The summed E-state index contributed by atoms with van der Waals surface area (Å²) in [5.41, 5.74) is 5.63. The fourth-order valence-electron chi connectivity index (χ4n) is 3.61. The van der Waals surface area contributed by atoms with Crippen molar-refractivity contribution in [3.63, 3.8) is 0 Å². The van der Waals surface area contributed by atoms with E-state index in [0.717, 1.165) is 31.0 Å². The highest BCUT2D eigenvalue weighted by Gasteiger charge is 2.29. The van der Waals surface area contributed by atoms with Crippen molar-refractivity contribution in [2.45, 2.75) is 19.0 Å². The molecule has 5 heterocycles. The summed E-state index contributed by atoms with van der Waals surface area (Å²) >= 11 is 0. The first kappa shape index (κ1) is 14.4. The summed E-state index contributed by atoms with van der Waals surface area (Å²) in [7, 11) is 1.95. The number of aromatic amines is 1. The topological polar surface area (TPSA) is 79.9 Å². The molecule has 4 aromatic rings. The number of hydrogen-bond donors (Lipinski definition) is 1. The number of hydrogen-bond acceptors (Lipinski definition) is 5. The largest absolute Gasteiger partial charge is 0.347 e. The minimum atomic E-state index is 0.237. The van der Waals surface area contributed by atoms with Gasteiger partial charge in [-0.1, -0.05) is 0 Å². The Kier molecular flexibility index (Phi) is 3.17. The molecule has 0 spiro atoms. The molecule has 0 aliphatic carbocycles. The van der Waals surface area contributed by atoms with E-state index < -0.39 is 0 Å². The van der Waals surface area contributed by atoms with E-state index in [2.05, 4.69) is 48.4 Å². The van der Waals surface area contributed by atoms with Crippen LogP contribution in [0.3, 0.4) is 0 Å². The maximum absolute atomic E-state index is 4.56. The van der Waals surface area contributed by atoms with Crippen LogP contribution in [0.1, 0.15) is 28.4 Å². The van der Waals surface area contributed by atoms with Gasteiger partial charge in [0, 0.05) is 50.6 Å². The molecular weight excluding hydrogens is 316 g/mol. The Morgan fingerprint density at radius 1 is 1.28 bits per heavy atom. The molecule has 0 aromatic carbocycles. The second-order valence-electron chi connectivity index (χ2n) is 6.53. The van der Waals surface area contributed by atoms with Crippen LogP contribution in [0.5, 0.6) is 0 Å². The van der Waals surface area contributed by atoms with E-state index in [1.165, 1.54) is 16.8 Å². The lowest BCUT2D eigenvalue weighted by Gasteiger charge is -2.31. The molecular formula is C17H18N8. The van der Waals surface area contributed by atoms with Crippen LogP contribution in [0, 0.1) is 0 Å². The van der Waals surface area contributed by atoms with Gasteiger partial charge in [0.05, 0.1) is 23.9 Å². The third-order valence-corrected chi connectivity index (χ3v) is 4.78. The van der Waals surface area contributed by atoms with Gasteiger partial charge >= 0.3 is 0 Å². The van der Waals surface area contributed by atoms with Crippen molar-refractivity contribution in [3.05, 3.63) is 65.9 Å². The first-order valence-corrected chi connectivity index (χ1v) is 8.27. The average Bonchev–Trinajstić information content (AvgIpc) is 3.33. The Hall–Kier alpha value is -3.00. The number of rotatable bonds is 3. The van der Waals surface area contributed by atoms with Crippen LogP contribution in [0.2, 0.25) is 0 Å². The van der Waals surface area contributed by atoms with Gasteiger partial charge in [-0.2, -0.15) is 10.2 Å². The van der Waals surface area contributed by atoms with Crippen LogP contribution in [0.4, 0.5) is 0 Å². The predicted molar refractivity (Wildman–Crippen MR) is 90.7 cm³/mol. The van der Waals surface area contributed by atoms with Crippen molar-refractivity contribution in [2.75, 3.05) is 6.54 Å². The number of imidazole rings is 1. The van der Waals surface area contributed by atoms with Crippen molar-refractivity contribution in [1.29, 1.82) is 0 Å². The molecule has 126 valence electrons. The molecule has 1 N–H and O–H groups in total. The van der Waals surface area contributed by atoms with Crippen LogP contribution in [-0.2, 0) is 20.1 Å². The Labute approximate surface area is 144 Å². The van der Waals surface area contributed by atoms with Gasteiger partial charge in [-0.3, -0.25) is 9.58 Å². The summed E-state index contributed by atoms with van der Waals surface area (Å²) in [5.74, 6) is 0.237. The molecule has 0 saturated carbocycles. The van der Waals surface area contributed by atoms with Crippen LogP contribution in [0.15, 0.2) is 43.4 Å². The van der Waals surface area contributed by atoms with Crippen molar-refractivity contribution in [2.24, 2.45) is 7.05 Å². The average molecular weight is 334 g/mol. The lowest BCUT2D eigenvalue weighted by molar-refractivity contribution is 0.228. The van der Waals surface area contributed by atoms with Gasteiger partial charge in [-0.15, -0.1) is 0 Å². The fraction of sp³-hybridized carbons (Fsp3) is 0.294. The van der Waals surface area contributed by atoms with Crippen LogP contribution < -0.4 is 0 Å². The van der Waals surface area contributed by atoms with E-state index in [1.54, 1.807) is 17.2 Å². The third kappa shape index (κ3) is 2.51. The summed E-state index contributed by atoms with van der Waals surface area (Å²) in [6, 6.07) is 4.19. The predicted octanol–water partition coefficient (Wildman–Crippen LogP) is 1.33. The number of aromatic nitrogens is 7. The van der Waals surface area contributed by atoms with Crippen molar-refractivity contribution >= 4 is 5.65 Å². The van der Waals surface area contributed by atoms with Gasteiger partial charge in [-0.05, 0) is 17.7 Å². The van der Waals surface area contributed by atoms with E-state index in [9.17, 15) is 0 Å². The maximum atomic E-state index is 4.56. The molecule has 0 amide bonds. The Balaban J connectivity index is 1.44. The van der Waals surface area contributed by atoms with Gasteiger partial charge < -0.3 is 4.98 Å². The summed E-state index contributed by atoms with van der Waals surface area (Å²) in [6.07, 6.45) is 9.35. The summed E-state index contributed by atoms with van der Waals surface area (Å²) < 4.78 is 3.63. The second kappa shape index (κ2) is 5.52. The fourth-order valence-corrected chi connectivity index (χ4v) is 3.61. The summed E-state index contributed by atoms with van der Waals surface area (Å²) in [4.78, 5) is 14.6. The Morgan fingerprint density at radius 3 is 3.12 bits per heavy atom. The number of pyridine rings is 1. The van der Waals surface area contributed by atoms with E-state index in [1.807, 2.05) is 24.1 Å². The molecule has 0 radical (unpaired) electrons. The van der Waals surface area contributed by atoms with E-state index >= 15 is 0 Å². The summed E-state index contributed by atoms with van der Waals surface area (Å²) in [6.45, 7) is 2.64. The molecule has 8 heteroatoms. The number of nitrogens with zero attached hydrogens (tertiary/aromatic N) is 7. The highest BCUT2D eigenvalue weighted by atomic mass is 15.3. The Morgan fingerprint density at radius 2 is 2.24 bits per heavy atom. The zero-order valence-electron chi connectivity index (χ0n) is 13.9. The van der Waals surface area contributed by atoms with Gasteiger partial charge in [0.25, 0.3) is 0 Å². The summed E-state index contributed by atoms with van der Waals surface area (Å²) in [5, 5.41) is 8.48. The lowest BCUT2D eigenvalue weighted by atomic mass is 9.93. The monoisotopic (exact) mass is 334 g/mol. The number of nitrogens with one attached hydrogen (secondary N) is 1. The molecule has 0 fully saturated rings. The van der Waals surface area contributed by atoms with Crippen molar-refractivity contribution < 1.29 is 0 Å². The number of fused-ring (bicyclic) bond motifs is 2. The zero-order valence-corrected chi connectivity index (χ0v) is 13.9. The van der Waals surface area contributed by atoms with E-state index in [0.29, 0.717) is 0 Å². The SMILES string of the molecule is Cn1cc(C2CN(Cc3ccn4ncnc4c3)Cc3[nH]cnc32)cn1. The van der Waals surface area contributed by atoms with Crippen molar-refractivity contribution in [1.82, 2.24) is 39.2 Å².